The molecule has 1 aromatic rings. The zero-order chi connectivity index (χ0) is 15.5. The quantitative estimate of drug-likeness (QED) is 0.864. The normalized spacial score (nSPS) is 16.2. The zero-order valence-corrected chi connectivity index (χ0v) is 12.6. The predicted molar refractivity (Wildman–Crippen MR) is 78.5 cm³/mol. The van der Waals surface area contributed by atoms with Gasteiger partial charge in [0.15, 0.2) is 9.84 Å². The fourth-order valence-corrected chi connectivity index (χ4v) is 3.01. The highest BCUT2D eigenvalue weighted by Gasteiger charge is 2.20. The van der Waals surface area contributed by atoms with E-state index in [9.17, 15) is 18.0 Å². The first-order valence-electron chi connectivity index (χ1n) is 6.68. The Morgan fingerprint density at radius 1 is 1.29 bits per heavy atom. The summed E-state index contributed by atoms with van der Waals surface area (Å²) in [6.45, 7) is 1.17. The van der Waals surface area contributed by atoms with Gasteiger partial charge in [0.25, 0.3) is 5.91 Å². The predicted octanol–water partition coefficient (Wildman–Crippen LogP) is 0.193. The van der Waals surface area contributed by atoms with E-state index in [0.717, 1.165) is 6.42 Å². The number of carbonyl (C=O) groups is 2. The minimum atomic E-state index is -3.09. The van der Waals surface area contributed by atoms with Crippen LogP contribution in [0, 0.1) is 0 Å². The van der Waals surface area contributed by atoms with Crippen LogP contribution in [0.2, 0.25) is 0 Å². The van der Waals surface area contributed by atoms with Crippen molar-refractivity contribution in [2.75, 3.05) is 25.9 Å². The first-order chi connectivity index (χ1) is 9.85. The minimum Gasteiger partial charge on any atom is -0.354 e. The molecule has 0 radical (unpaired) electrons. The van der Waals surface area contributed by atoms with Gasteiger partial charge in [0.05, 0.1) is 12.3 Å². The number of hydrogen-bond acceptors (Lipinski definition) is 4. The molecule has 0 bridgehead atoms. The molecule has 1 saturated heterocycles. The fourth-order valence-electron chi connectivity index (χ4n) is 2.21. The standard InChI is InChI=1S/C14H18N2O4S/c1-21(19,20)10-11-3-5-12(6-4-11)14(18)16-8-2-7-15-13(17)9-16/h3-6H,2,7-10H2,1H3,(H,15,17). The number of benzene rings is 1. The number of hydrogen-bond donors (Lipinski definition) is 1. The monoisotopic (exact) mass is 310 g/mol. The molecule has 0 aliphatic carbocycles. The van der Waals surface area contributed by atoms with Crippen molar-refractivity contribution in [1.29, 1.82) is 0 Å². The molecule has 0 aromatic heterocycles. The molecule has 1 fully saturated rings. The van der Waals surface area contributed by atoms with E-state index < -0.39 is 9.84 Å². The molecular formula is C14H18N2O4S. The third-order valence-electron chi connectivity index (χ3n) is 3.18. The second-order valence-corrected chi connectivity index (χ2v) is 7.34. The van der Waals surface area contributed by atoms with Gasteiger partial charge in [-0.3, -0.25) is 9.59 Å². The number of nitrogens with one attached hydrogen (secondary N) is 1. The van der Waals surface area contributed by atoms with Gasteiger partial charge >= 0.3 is 0 Å². The van der Waals surface area contributed by atoms with Gasteiger partial charge in [0, 0.05) is 24.9 Å². The topological polar surface area (TPSA) is 83.6 Å². The SMILES string of the molecule is CS(=O)(=O)Cc1ccc(C(=O)N2CCCNC(=O)C2)cc1. The number of amides is 2. The van der Waals surface area contributed by atoms with Crippen LogP contribution in [0.25, 0.3) is 0 Å². The molecule has 0 spiro atoms. The highest BCUT2D eigenvalue weighted by Crippen LogP contribution is 2.11. The molecule has 1 heterocycles. The smallest absolute Gasteiger partial charge is 0.254 e. The van der Waals surface area contributed by atoms with Crippen molar-refractivity contribution in [3.05, 3.63) is 35.4 Å². The summed E-state index contributed by atoms with van der Waals surface area (Å²) in [6, 6.07) is 6.47. The Labute approximate surface area is 124 Å². The Morgan fingerprint density at radius 3 is 2.57 bits per heavy atom. The highest BCUT2D eigenvalue weighted by molar-refractivity contribution is 7.89. The molecule has 1 N–H and O–H groups in total. The molecule has 6 nitrogen and oxygen atoms in total. The van der Waals surface area contributed by atoms with Crippen molar-refractivity contribution < 1.29 is 18.0 Å². The van der Waals surface area contributed by atoms with E-state index in [4.69, 9.17) is 0 Å². The second-order valence-electron chi connectivity index (χ2n) is 5.20. The van der Waals surface area contributed by atoms with E-state index in [1.54, 1.807) is 24.3 Å². The summed E-state index contributed by atoms with van der Waals surface area (Å²) in [5.74, 6) is -0.416. The minimum absolute atomic E-state index is 0.0480. The van der Waals surface area contributed by atoms with Crippen LogP contribution in [0.5, 0.6) is 0 Å². The van der Waals surface area contributed by atoms with Gasteiger partial charge in [0.2, 0.25) is 5.91 Å². The molecule has 0 atom stereocenters. The molecule has 7 heteroatoms. The highest BCUT2D eigenvalue weighted by atomic mass is 32.2. The van der Waals surface area contributed by atoms with Crippen LogP contribution >= 0.6 is 0 Å². The van der Waals surface area contributed by atoms with E-state index in [2.05, 4.69) is 5.32 Å². The molecule has 114 valence electrons. The molecule has 0 saturated carbocycles. The number of carbonyl (C=O) groups excluding carboxylic acids is 2. The van der Waals surface area contributed by atoms with Crippen molar-refractivity contribution in [3.8, 4) is 0 Å². The number of rotatable bonds is 3. The Kier molecular flexibility index (Phi) is 4.62. The van der Waals surface area contributed by atoms with E-state index in [0.29, 0.717) is 24.2 Å². The first kappa shape index (κ1) is 15.5. The fraction of sp³-hybridized carbons (Fsp3) is 0.429. The van der Waals surface area contributed by atoms with Crippen LogP contribution in [0.3, 0.4) is 0 Å². The average molecular weight is 310 g/mol. The Balaban J connectivity index is 2.10. The number of nitrogens with zero attached hydrogens (tertiary/aromatic N) is 1. The lowest BCUT2D eigenvalue weighted by Gasteiger charge is -2.19. The largest absolute Gasteiger partial charge is 0.354 e. The lowest BCUT2D eigenvalue weighted by molar-refractivity contribution is -0.121. The van der Waals surface area contributed by atoms with Crippen LogP contribution in [-0.2, 0) is 20.4 Å². The maximum Gasteiger partial charge on any atom is 0.254 e. The van der Waals surface area contributed by atoms with E-state index in [1.807, 2.05) is 0 Å². The summed E-state index contributed by atoms with van der Waals surface area (Å²) in [5.41, 5.74) is 1.10. The van der Waals surface area contributed by atoms with Crippen molar-refractivity contribution in [1.82, 2.24) is 10.2 Å². The van der Waals surface area contributed by atoms with Gasteiger partial charge in [-0.2, -0.15) is 0 Å². The Bertz CT molecular complexity index is 637. The Morgan fingerprint density at radius 2 is 1.95 bits per heavy atom. The maximum atomic E-state index is 12.3. The molecule has 1 aromatic carbocycles. The molecule has 2 rings (SSSR count). The molecule has 1 aliphatic heterocycles. The lowest BCUT2D eigenvalue weighted by atomic mass is 10.1. The summed E-state index contributed by atoms with van der Waals surface area (Å²) >= 11 is 0. The molecule has 1 aliphatic rings. The average Bonchev–Trinajstić information content (AvgIpc) is 2.62. The van der Waals surface area contributed by atoms with Crippen LogP contribution < -0.4 is 5.32 Å². The van der Waals surface area contributed by atoms with E-state index in [1.165, 1.54) is 11.2 Å². The summed E-state index contributed by atoms with van der Waals surface area (Å²) in [5, 5.41) is 2.72. The van der Waals surface area contributed by atoms with Gasteiger partial charge in [0.1, 0.15) is 0 Å². The molecule has 21 heavy (non-hydrogen) atoms. The molecule has 2 amide bonds. The third kappa shape index (κ3) is 4.56. The van der Waals surface area contributed by atoms with Crippen LogP contribution in [-0.4, -0.2) is 51.0 Å². The van der Waals surface area contributed by atoms with E-state index >= 15 is 0 Å². The van der Waals surface area contributed by atoms with Crippen molar-refractivity contribution in [3.63, 3.8) is 0 Å². The lowest BCUT2D eigenvalue weighted by Crippen LogP contribution is -2.37. The van der Waals surface area contributed by atoms with Crippen LogP contribution in [0.4, 0.5) is 0 Å². The zero-order valence-electron chi connectivity index (χ0n) is 11.8. The van der Waals surface area contributed by atoms with Gasteiger partial charge in [-0.05, 0) is 24.1 Å². The van der Waals surface area contributed by atoms with Crippen molar-refractivity contribution >= 4 is 21.7 Å². The van der Waals surface area contributed by atoms with Crippen molar-refractivity contribution in [2.24, 2.45) is 0 Å². The van der Waals surface area contributed by atoms with Gasteiger partial charge in [-0.15, -0.1) is 0 Å². The van der Waals surface area contributed by atoms with E-state index in [-0.39, 0.29) is 24.1 Å². The summed E-state index contributed by atoms with van der Waals surface area (Å²) in [6.07, 6.45) is 1.89. The number of sulfone groups is 1. The summed E-state index contributed by atoms with van der Waals surface area (Å²) in [4.78, 5) is 25.3. The van der Waals surface area contributed by atoms with Gasteiger partial charge in [-0.1, -0.05) is 12.1 Å². The Hall–Kier alpha value is -1.89. The third-order valence-corrected chi connectivity index (χ3v) is 4.04. The summed E-state index contributed by atoms with van der Waals surface area (Å²) in [7, 11) is -3.09. The van der Waals surface area contributed by atoms with Crippen LogP contribution in [0.15, 0.2) is 24.3 Å². The maximum absolute atomic E-state index is 12.3. The van der Waals surface area contributed by atoms with Gasteiger partial charge in [-0.25, -0.2) is 8.42 Å². The second kappa shape index (κ2) is 6.26. The first-order valence-corrected chi connectivity index (χ1v) is 8.74. The van der Waals surface area contributed by atoms with Crippen LogP contribution in [0.1, 0.15) is 22.3 Å². The van der Waals surface area contributed by atoms with Crippen molar-refractivity contribution in [2.45, 2.75) is 12.2 Å². The van der Waals surface area contributed by atoms with Gasteiger partial charge < -0.3 is 10.2 Å². The molecular weight excluding hydrogens is 292 g/mol. The molecule has 0 unspecified atom stereocenters. The summed E-state index contributed by atoms with van der Waals surface area (Å²) < 4.78 is 22.4.